The minimum Gasteiger partial charge on any atom is -0.396 e. The van der Waals surface area contributed by atoms with Crippen LogP contribution in [0.4, 0.5) is 5.95 Å². The number of aliphatic hydroxyl groups is 1. The van der Waals surface area contributed by atoms with Crippen LogP contribution in [0.3, 0.4) is 0 Å². The second-order valence-corrected chi connectivity index (χ2v) is 11.2. The first kappa shape index (κ1) is 25.8. The van der Waals surface area contributed by atoms with Gasteiger partial charge in [0.25, 0.3) is 5.91 Å². The molecule has 3 aromatic rings. The predicted molar refractivity (Wildman–Crippen MR) is 149 cm³/mol. The average molecular weight is 546 g/mol. The van der Waals surface area contributed by atoms with E-state index in [0.717, 1.165) is 43.2 Å². The van der Waals surface area contributed by atoms with Gasteiger partial charge >= 0.3 is 0 Å². The van der Waals surface area contributed by atoms with E-state index >= 15 is 0 Å². The molecule has 2 amide bonds. The number of carbonyl (C=O) groups excluding carboxylic acids is 2. The summed E-state index contributed by atoms with van der Waals surface area (Å²) >= 11 is 6.49. The van der Waals surface area contributed by atoms with Crippen molar-refractivity contribution in [1.82, 2.24) is 19.8 Å². The van der Waals surface area contributed by atoms with Crippen molar-refractivity contribution in [1.29, 1.82) is 0 Å². The first-order valence-electron chi connectivity index (χ1n) is 13.7. The van der Waals surface area contributed by atoms with Gasteiger partial charge in [0, 0.05) is 43.4 Å². The summed E-state index contributed by atoms with van der Waals surface area (Å²) in [6.45, 7) is 1.91. The molecule has 0 radical (unpaired) electrons. The predicted octanol–water partition coefficient (Wildman–Crippen LogP) is 4.30. The van der Waals surface area contributed by atoms with E-state index in [-0.39, 0.29) is 31.0 Å². The number of aliphatic hydroxyl groups excluding tert-OH is 1. The summed E-state index contributed by atoms with van der Waals surface area (Å²) < 4.78 is 0. The van der Waals surface area contributed by atoms with Gasteiger partial charge in [0.15, 0.2) is 0 Å². The maximum atomic E-state index is 13.3. The Labute approximate surface area is 233 Å². The van der Waals surface area contributed by atoms with Gasteiger partial charge in [-0.25, -0.2) is 9.97 Å². The van der Waals surface area contributed by atoms with E-state index in [1.807, 2.05) is 35.2 Å². The van der Waals surface area contributed by atoms with Crippen LogP contribution in [0.2, 0.25) is 5.02 Å². The zero-order chi connectivity index (χ0) is 26.9. The van der Waals surface area contributed by atoms with Crippen LogP contribution in [0.1, 0.15) is 52.7 Å². The highest BCUT2D eigenvalue weighted by atomic mass is 35.5. The number of amides is 2. The third kappa shape index (κ3) is 5.36. The van der Waals surface area contributed by atoms with Gasteiger partial charge in [-0.2, -0.15) is 0 Å². The van der Waals surface area contributed by atoms with E-state index < -0.39 is 0 Å². The van der Waals surface area contributed by atoms with Gasteiger partial charge in [0.1, 0.15) is 6.54 Å². The maximum Gasteiger partial charge on any atom is 0.254 e. The van der Waals surface area contributed by atoms with E-state index in [1.165, 1.54) is 11.1 Å². The summed E-state index contributed by atoms with van der Waals surface area (Å²) in [5, 5.41) is 13.3. The molecule has 1 fully saturated rings. The molecular formula is C30H32ClN5O3. The molecule has 2 aromatic carbocycles. The van der Waals surface area contributed by atoms with Crippen LogP contribution in [0.5, 0.6) is 0 Å². The van der Waals surface area contributed by atoms with E-state index in [0.29, 0.717) is 47.8 Å². The number of rotatable bonds is 6. The van der Waals surface area contributed by atoms with Crippen molar-refractivity contribution < 1.29 is 14.7 Å². The number of nitrogens with one attached hydrogen (secondary N) is 1. The summed E-state index contributed by atoms with van der Waals surface area (Å²) in [5.41, 5.74) is 5.21. The Bertz CT molecular complexity index is 1410. The van der Waals surface area contributed by atoms with Gasteiger partial charge in [-0.05, 0) is 54.4 Å². The van der Waals surface area contributed by atoms with Crippen LogP contribution in [-0.4, -0.2) is 62.4 Å². The lowest BCUT2D eigenvalue weighted by molar-refractivity contribution is -0.132. The third-order valence-corrected chi connectivity index (χ3v) is 8.47. The van der Waals surface area contributed by atoms with E-state index in [4.69, 9.17) is 11.6 Å². The van der Waals surface area contributed by atoms with Crippen LogP contribution < -0.4 is 5.32 Å². The number of fused-ring (bicyclic) bond motifs is 2. The largest absolute Gasteiger partial charge is 0.396 e. The van der Waals surface area contributed by atoms with Crippen LogP contribution in [0.25, 0.3) is 11.3 Å². The highest BCUT2D eigenvalue weighted by molar-refractivity contribution is 6.33. The first-order chi connectivity index (χ1) is 19.0. The summed E-state index contributed by atoms with van der Waals surface area (Å²) in [4.78, 5) is 38.9. The molecule has 202 valence electrons. The van der Waals surface area contributed by atoms with Crippen molar-refractivity contribution in [2.75, 3.05) is 25.0 Å². The van der Waals surface area contributed by atoms with E-state index in [2.05, 4.69) is 27.4 Å². The average Bonchev–Trinajstić information content (AvgIpc) is 3.27. The second kappa shape index (κ2) is 10.9. The molecule has 1 aliphatic carbocycles. The van der Waals surface area contributed by atoms with Crippen molar-refractivity contribution in [3.8, 4) is 11.3 Å². The van der Waals surface area contributed by atoms with Gasteiger partial charge in [0.2, 0.25) is 11.9 Å². The molecule has 3 heterocycles. The fraction of sp³-hybridized carbons (Fsp3) is 0.400. The van der Waals surface area contributed by atoms with Crippen molar-refractivity contribution in [3.05, 3.63) is 75.9 Å². The molecule has 2 aliphatic heterocycles. The molecule has 6 rings (SSSR count). The van der Waals surface area contributed by atoms with Crippen LogP contribution in [0.15, 0.2) is 48.7 Å². The molecule has 1 saturated carbocycles. The molecular weight excluding hydrogens is 514 g/mol. The number of carbonyl (C=O) groups is 2. The molecule has 2 N–H and O–H groups in total. The molecule has 8 nitrogen and oxygen atoms in total. The van der Waals surface area contributed by atoms with Crippen LogP contribution in [-0.2, 0) is 24.3 Å². The van der Waals surface area contributed by atoms with Crippen molar-refractivity contribution >= 4 is 29.4 Å². The molecule has 3 aliphatic rings. The Hall–Kier alpha value is -3.49. The lowest BCUT2D eigenvalue weighted by Gasteiger charge is -2.30. The molecule has 2 unspecified atom stereocenters. The highest BCUT2D eigenvalue weighted by Gasteiger charge is 2.31. The molecule has 0 bridgehead atoms. The van der Waals surface area contributed by atoms with Crippen LogP contribution in [0, 0.1) is 5.92 Å². The van der Waals surface area contributed by atoms with E-state index in [9.17, 15) is 14.7 Å². The smallest absolute Gasteiger partial charge is 0.254 e. The topological polar surface area (TPSA) is 98.7 Å². The van der Waals surface area contributed by atoms with Crippen molar-refractivity contribution in [2.24, 2.45) is 5.92 Å². The number of anilines is 1. The van der Waals surface area contributed by atoms with Crippen molar-refractivity contribution in [3.63, 3.8) is 0 Å². The molecule has 9 heteroatoms. The summed E-state index contributed by atoms with van der Waals surface area (Å²) in [7, 11) is 0. The minimum atomic E-state index is -0.154. The Balaban J connectivity index is 1.15. The van der Waals surface area contributed by atoms with E-state index in [1.54, 1.807) is 11.1 Å². The number of hydrogen-bond acceptors (Lipinski definition) is 6. The van der Waals surface area contributed by atoms with Gasteiger partial charge < -0.3 is 20.2 Å². The minimum absolute atomic E-state index is 0.0356. The summed E-state index contributed by atoms with van der Waals surface area (Å²) in [6.07, 6.45) is 6.39. The Kier molecular flexibility index (Phi) is 7.23. The third-order valence-electron chi connectivity index (χ3n) is 8.19. The van der Waals surface area contributed by atoms with Crippen molar-refractivity contribution in [2.45, 2.75) is 51.2 Å². The number of aromatic nitrogens is 2. The fourth-order valence-corrected chi connectivity index (χ4v) is 6.22. The monoisotopic (exact) mass is 545 g/mol. The number of hydrogen-bond donors (Lipinski definition) is 2. The summed E-state index contributed by atoms with van der Waals surface area (Å²) in [5.74, 6) is 0.594. The fourth-order valence-electron chi connectivity index (χ4n) is 6.02. The van der Waals surface area contributed by atoms with Gasteiger partial charge in [0.05, 0.1) is 16.9 Å². The molecule has 1 aromatic heterocycles. The Morgan fingerprint density at radius 3 is 2.79 bits per heavy atom. The number of nitrogens with zero attached hydrogens (tertiary/aromatic N) is 4. The quantitative estimate of drug-likeness (QED) is 0.479. The molecule has 2 atom stereocenters. The zero-order valence-corrected chi connectivity index (χ0v) is 22.5. The molecule has 39 heavy (non-hydrogen) atoms. The lowest BCUT2D eigenvalue weighted by atomic mass is 9.86. The SMILES string of the molecule is O=C(CN1Cc2ccc(-c3nc(NC4CCCC(CO)C4)ncc3Cl)cc2C1=O)N1CCc2ccccc2C1. The first-order valence-corrected chi connectivity index (χ1v) is 14.0. The Morgan fingerprint density at radius 2 is 1.95 bits per heavy atom. The van der Waals surface area contributed by atoms with Gasteiger partial charge in [-0.1, -0.05) is 54.4 Å². The maximum absolute atomic E-state index is 13.3. The normalized spacial score (nSPS) is 20.5. The van der Waals surface area contributed by atoms with Gasteiger partial charge in [-0.3, -0.25) is 9.59 Å². The zero-order valence-electron chi connectivity index (χ0n) is 21.8. The highest BCUT2D eigenvalue weighted by Crippen LogP contribution is 2.32. The van der Waals surface area contributed by atoms with Crippen LogP contribution >= 0.6 is 11.6 Å². The van der Waals surface area contributed by atoms with Gasteiger partial charge in [-0.15, -0.1) is 0 Å². The molecule has 0 saturated heterocycles. The second-order valence-electron chi connectivity index (χ2n) is 10.8. The molecule has 0 spiro atoms. The summed E-state index contributed by atoms with van der Waals surface area (Å²) in [6, 6.07) is 14.1. The standard InChI is InChI=1S/C30H32ClN5O3/c31-26-14-32-30(33-24-7-3-4-19(12-24)18-37)34-28(26)21-8-9-23-16-36(29(39)25(23)13-21)17-27(38)35-11-10-20-5-1-2-6-22(20)15-35/h1-2,5-6,8-9,13-14,19,24,37H,3-4,7,10-12,15-18H2,(H,32,33,34). The lowest BCUT2D eigenvalue weighted by Crippen LogP contribution is -2.42. The Morgan fingerprint density at radius 1 is 1.10 bits per heavy atom. The number of benzene rings is 2. The number of halogens is 1.